The van der Waals surface area contributed by atoms with Crippen LogP contribution in [0.25, 0.3) is 0 Å². The number of nitro benzene ring substituents is 1. The van der Waals surface area contributed by atoms with Crippen molar-refractivity contribution in [1.29, 1.82) is 0 Å². The molecule has 0 N–H and O–H groups in total. The summed E-state index contributed by atoms with van der Waals surface area (Å²) in [7, 11) is -3.58. The summed E-state index contributed by atoms with van der Waals surface area (Å²) in [6, 6.07) is 9.29. The van der Waals surface area contributed by atoms with Crippen molar-refractivity contribution in [1.82, 2.24) is 4.31 Å². The highest BCUT2D eigenvalue weighted by Gasteiger charge is 2.28. The third-order valence-corrected chi connectivity index (χ3v) is 6.64. The molecule has 2 aromatic rings. The summed E-state index contributed by atoms with van der Waals surface area (Å²) >= 11 is 11.8. The minimum atomic E-state index is -3.58. The molecule has 1 aliphatic heterocycles. The largest absolute Gasteiger partial charge is 0.269 e. The summed E-state index contributed by atoms with van der Waals surface area (Å²) in [6.45, 7) is 0.467. The topological polar surface area (TPSA) is 80.5 Å². The Morgan fingerprint density at radius 1 is 1.08 bits per heavy atom. The monoisotopic (exact) mass is 400 g/mol. The van der Waals surface area contributed by atoms with E-state index in [0.717, 1.165) is 5.56 Å². The van der Waals surface area contributed by atoms with Gasteiger partial charge in [0.2, 0.25) is 10.0 Å². The summed E-state index contributed by atoms with van der Waals surface area (Å²) in [5.74, 6) is -0.200. The van der Waals surface area contributed by atoms with Gasteiger partial charge in [0.25, 0.3) is 5.69 Å². The lowest BCUT2D eigenvalue weighted by molar-refractivity contribution is -0.385. The van der Waals surface area contributed by atoms with Crippen LogP contribution in [0.1, 0.15) is 16.7 Å². The number of halogens is 2. The van der Waals surface area contributed by atoms with E-state index >= 15 is 0 Å². The molecule has 0 saturated carbocycles. The predicted molar refractivity (Wildman–Crippen MR) is 96.3 cm³/mol. The van der Waals surface area contributed by atoms with Gasteiger partial charge in [-0.15, -0.1) is 0 Å². The molecule has 9 heteroatoms. The minimum absolute atomic E-state index is 0.0394. The van der Waals surface area contributed by atoms with E-state index in [-0.39, 0.29) is 18.0 Å². The molecule has 0 atom stereocenters. The summed E-state index contributed by atoms with van der Waals surface area (Å²) in [6.07, 6.45) is 0.522. The second-order valence-corrected chi connectivity index (χ2v) is 8.58. The molecule has 2 aromatic carbocycles. The predicted octanol–water partition coefficient (Wildman–Crippen LogP) is 3.79. The van der Waals surface area contributed by atoms with Gasteiger partial charge >= 0.3 is 0 Å². The first kappa shape index (κ1) is 18.1. The first-order chi connectivity index (χ1) is 11.8. The molecule has 3 rings (SSSR count). The van der Waals surface area contributed by atoms with Crippen molar-refractivity contribution in [3.8, 4) is 0 Å². The average Bonchev–Trinajstić information content (AvgIpc) is 2.57. The van der Waals surface area contributed by atoms with Crippen molar-refractivity contribution >= 4 is 38.9 Å². The van der Waals surface area contributed by atoms with Gasteiger partial charge in [-0.1, -0.05) is 35.3 Å². The molecule has 0 unspecified atom stereocenters. The zero-order valence-electron chi connectivity index (χ0n) is 13.0. The minimum Gasteiger partial charge on any atom is -0.258 e. The molecule has 1 aliphatic rings. The van der Waals surface area contributed by atoms with Crippen LogP contribution in [0.5, 0.6) is 0 Å². The number of fused-ring (bicyclic) bond motifs is 1. The number of rotatable bonds is 4. The van der Waals surface area contributed by atoms with Crippen LogP contribution in [0.4, 0.5) is 5.69 Å². The van der Waals surface area contributed by atoms with Crippen LogP contribution in [0.15, 0.2) is 36.4 Å². The van der Waals surface area contributed by atoms with E-state index in [2.05, 4.69) is 0 Å². The molecular weight excluding hydrogens is 387 g/mol. The van der Waals surface area contributed by atoms with E-state index in [0.29, 0.717) is 34.1 Å². The maximum absolute atomic E-state index is 12.7. The molecule has 1 heterocycles. The fraction of sp³-hybridized carbons (Fsp3) is 0.250. The Bertz CT molecular complexity index is 947. The lowest BCUT2D eigenvalue weighted by Crippen LogP contribution is -2.36. The number of nitro groups is 1. The molecule has 0 aliphatic carbocycles. The zero-order valence-corrected chi connectivity index (χ0v) is 15.3. The quantitative estimate of drug-likeness (QED) is 0.577. The van der Waals surface area contributed by atoms with Crippen molar-refractivity contribution in [2.45, 2.75) is 18.7 Å². The van der Waals surface area contributed by atoms with Crippen molar-refractivity contribution in [2.24, 2.45) is 0 Å². The van der Waals surface area contributed by atoms with Gasteiger partial charge < -0.3 is 0 Å². The third-order valence-electron chi connectivity index (χ3n) is 4.10. The Morgan fingerprint density at radius 3 is 2.52 bits per heavy atom. The van der Waals surface area contributed by atoms with Crippen LogP contribution >= 0.6 is 23.2 Å². The lowest BCUT2D eigenvalue weighted by atomic mass is 10.0. The van der Waals surface area contributed by atoms with E-state index in [1.54, 1.807) is 18.2 Å². The molecule has 6 nitrogen and oxygen atoms in total. The maximum Gasteiger partial charge on any atom is 0.269 e. The SMILES string of the molecule is O=[N+]([O-])c1ccc2c(c1)CN(S(=O)(=O)Cc1ccc(Cl)c(Cl)c1)CC2. The molecule has 0 fully saturated rings. The highest BCUT2D eigenvalue weighted by atomic mass is 35.5. The highest BCUT2D eigenvalue weighted by molar-refractivity contribution is 7.88. The van der Waals surface area contributed by atoms with Gasteiger partial charge in [-0.3, -0.25) is 10.1 Å². The molecule has 0 saturated heterocycles. The summed E-state index contributed by atoms with van der Waals surface area (Å²) in [5, 5.41) is 11.6. The fourth-order valence-corrected chi connectivity index (χ4v) is 4.61. The van der Waals surface area contributed by atoms with Crippen molar-refractivity contribution < 1.29 is 13.3 Å². The van der Waals surface area contributed by atoms with Crippen molar-refractivity contribution in [3.63, 3.8) is 0 Å². The van der Waals surface area contributed by atoms with E-state index in [9.17, 15) is 18.5 Å². The fourth-order valence-electron chi connectivity index (χ4n) is 2.80. The molecule has 0 amide bonds. The van der Waals surface area contributed by atoms with Crippen LogP contribution in [-0.2, 0) is 28.7 Å². The van der Waals surface area contributed by atoms with Crippen molar-refractivity contribution in [2.75, 3.05) is 6.54 Å². The first-order valence-electron chi connectivity index (χ1n) is 7.44. The van der Waals surface area contributed by atoms with Gasteiger partial charge in [0.15, 0.2) is 0 Å². The van der Waals surface area contributed by atoms with E-state index in [1.165, 1.54) is 22.5 Å². The standard InChI is InChI=1S/C16H14Cl2N2O4S/c17-15-4-1-11(7-16(15)18)10-25(23,24)19-6-5-12-2-3-14(20(21)22)8-13(12)9-19/h1-4,7-8H,5-6,9-10H2. The van der Waals surface area contributed by atoms with E-state index < -0.39 is 14.9 Å². The van der Waals surface area contributed by atoms with Crippen LogP contribution in [0.3, 0.4) is 0 Å². The number of benzene rings is 2. The Kier molecular flexibility index (Phi) is 5.02. The Labute approximate surface area is 155 Å². The molecule has 25 heavy (non-hydrogen) atoms. The number of non-ortho nitro benzene ring substituents is 1. The van der Waals surface area contributed by atoms with Crippen LogP contribution in [0, 0.1) is 10.1 Å². The smallest absolute Gasteiger partial charge is 0.258 e. The summed E-state index contributed by atoms with van der Waals surface area (Å²) in [4.78, 5) is 10.4. The number of nitrogens with zero attached hydrogens (tertiary/aromatic N) is 2. The van der Waals surface area contributed by atoms with Crippen LogP contribution in [0.2, 0.25) is 10.0 Å². The zero-order chi connectivity index (χ0) is 18.2. The lowest BCUT2D eigenvalue weighted by Gasteiger charge is -2.28. The Hall–Kier alpha value is -1.67. The highest BCUT2D eigenvalue weighted by Crippen LogP contribution is 2.28. The van der Waals surface area contributed by atoms with Crippen LogP contribution < -0.4 is 0 Å². The number of hydrogen-bond acceptors (Lipinski definition) is 4. The molecule has 0 radical (unpaired) electrons. The van der Waals surface area contributed by atoms with Gasteiger partial charge in [-0.25, -0.2) is 8.42 Å². The molecular formula is C16H14Cl2N2O4S. The second-order valence-electron chi connectivity index (χ2n) is 5.80. The molecule has 0 bridgehead atoms. The third kappa shape index (κ3) is 3.95. The van der Waals surface area contributed by atoms with Crippen LogP contribution in [-0.4, -0.2) is 24.2 Å². The van der Waals surface area contributed by atoms with E-state index in [4.69, 9.17) is 23.2 Å². The molecule has 0 aromatic heterocycles. The maximum atomic E-state index is 12.7. The van der Waals surface area contributed by atoms with Gasteiger partial charge in [0.05, 0.1) is 20.7 Å². The second kappa shape index (κ2) is 6.92. The molecule has 132 valence electrons. The van der Waals surface area contributed by atoms with Gasteiger partial charge in [-0.05, 0) is 35.2 Å². The summed E-state index contributed by atoms with van der Waals surface area (Å²) in [5.41, 5.74) is 2.10. The normalized spacial score (nSPS) is 15.0. The van der Waals surface area contributed by atoms with Gasteiger partial charge in [0.1, 0.15) is 0 Å². The number of hydrogen-bond donors (Lipinski definition) is 0. The van der Waals surface area contributed by atoms with Gasteiger partial charge in [0, 0.05) is 25.2 Å². The number of sulfonamides is 1. The first-order valence-corrected chi connectivity index (χ1v) is 9.81. The molecule has 0 spiro atoms. The Morgan fingerprint density at radius 2 is 1.84 bits per heavy atom. The van der Waals surface area contributed by atoms with Gasteiger partial charge in [-0.2, -0.15) is 4.31 Å². The average molecular weight is 401 g/mol. The van der Waals surface area contributed by atoms with E-state index in [1.807, 2.05) is 0 Å². The van der Waals surface area contributed by atoms with Crippen molar-refractivity contribution in [3.05, 3.63) is 73.2 Å². The Balaban J connectivity index is 1.83. The summed E-state index contributed by atoms with van der Waals surface area (Å²) < 4.78 is 26.7.